The second-order valence-corrected chi connectivity index (χ2v) is 2.89. The number of hydrogen-bond donors (Lipinski definition) is 1. The van der Waals surface area contributed by atoms with Crippen LogP contribution in [0.5, 0.6) is 0 Å². The van der Waals surface area contributed by atoms with E-state index < -0.39 is 0 Å². The predicted octanol–water partition coefficient (Wildman–Crippen LogP) is 1.81. The molecular weight excluding hydrogens is 188 g/mol. The molecular formula is C9H9ClN2O. The Morgan fingerprint density at radius 1 is 1.46 bits per heavy atom. The molecule has 0 aliphatic carbocycles. The van der Waals surface area contributed by atoms with Gasteiger partial charge in [-0.1, -0.05) is 23.7 Å². The molecule has 0 aliphatic heterocycles. The molecule has 0 heterocycles. The highest BCUT2D eigenvalue weighted by Crippen LogP contribution is 2.09. The molecule has 1 rings (SSSR count). The molecule has 68 valence electrons. The Morgan fingerprint density at radius 2 is 2.08 bits per heavy atom. The first kappa shape index (κ1) is 9.74. The quantitative estimate of drug-likeness (QED) is 0.447. The van der Waals surface area contributed by atoms with Crippen LogP contribution in [0.4, 0.5) is 0 Å². The van der Waals surface area contributed by atoms with E-state index in [2.05, 4.69) is 10.5 Å². The minimum Gasteiger partial charge on any atom is -0.277 e. The molecule has 1 N–H and O–H groups in total. The van der Waals surface area contributed by atoms with Crippen molar-refractivity contribution in [1.29, 1.82) is 0 Å². The zero-order valence-corrected chi connectivity index (χ0v) is 7.88. The summed E-state index contributed by atoms with van der Waals surface area (Å²) in [5, 5.41) is 4.48. The Labute approximate surface area is 81.4 Å². The molecule has 0 unspecified atom stereocenters. The molecule has 13 heavy (non-hydrogen) atoms. The van der Waals surface area contributed by atoms with E-state index in [9.17, 15) is 4.79 Å². The van der Waals surface area contributed by atoms with E-state index >= 15 is 0 Å². The second-order valence-electron chi connectivity index (χ2n) is 2.45. The van der Waals surface area contributed by atoms with Crippen LogP contribution in [0.1, 0.15) is 12.5 Å². The first-order valence-electron chi connectivity index (χ1n) is 3.73. The van der Waals surface area contributed by atoms with Crippen molar-refractivity contribution in [1.82, 2.24) is 5.43 Å². The van der Waals surface area contributed by atoms with Gasteiger partial charge >= 0.3 is 0 Å². The van der Waals surface area contributed by atoms with E-state index in [1.54, 1.807) is 19.1 Å². The van der Waals surface area contributed by atoms with E-state index in [-0.39, 0.29) is 0 Å². The number of hydrogen-bond acceptors (Lipinski definition) is 2. The lowest BCUT2D eigenvalue weighted by atomic mass is 10.1. The maximum Gasteiger partial charge on any atom is 0.227 e. The highest BCUT2D eigenvalue weighted by molar-refractivity contribution is 6.30. The van der Waals surface area contributed by atoms with Gasteiger partial charge in [-0.15, -0.1) is 0 Å². The number of nitrogens with one attached hydrogen (secondary N) is 1. The van der Waals surface area contributed by atoms with Gasteiger partial charge in [0.25, 0.3) is 0 Å². The molecule has 0 saturated heterocycles. The lowest BCUT2D eigenvalue weighted by Crippen LogP contribution is -2.06. The summed E-state index contributed by atoms with van der Waals surface area (Å²) in [7, 11) is 0. The Kier molecular flexibility index (Phi) is 3.46. The molecule has 0 atom stereocenters. The molecule has 0 aromatic heterocycles. The van der Waals surface area contributed by atoms with Crippen molar-refractivity contribution in [3.8, 4) is 0 Å². The minimum absolute atomic E-state index is 0.527. The van der Waals surface area contributed by atoms with Gasteiger partial charge in [0.1, 0.15) is 0 Å². The van der Waals surface area contributed by atoms with Gasteiger partial charge in [-0.2, -0.15) is 5.10 Å². The summed E-state index contributed by atoms with van der Waals surface area (Å²) in [5.41, 5.74) is 3.90. The molecule has 0 radical (unpaired) electrons. The summed E-state index contributed by atoms with van der Waals surface area (Å²) in [6.45, 7) is 1.81. The number of carbonyl (C=O) groups is 1. The fourth-order valence-corrected chi connectivity index (χ4v) is 1.00. The fraction of sp³-hybridized carbons (Fsp3) is 0.111. The zero-order valence-electron chi connectivity index (χ0n) is 7.12. The van der Waals surface area contributed by atoms with Crippen LogP contribution in [0.15, 0.2) is 29.4 Å². The molecule has 1 amide bonds. The van der Waals surface area contributed by atoms with Gasteiger partial charge in [0.15, 0.2) is 0 Å². The van der Waals surface area contributed by atoms with Gasteiger partial charge in [-0.25, -0.2) is 5.43 Å². The molecule has 0 saturated carbocycles. The average molecular weight is 197 g/mol. The van der Waals surface area contributed by atoms with Crippen LogP contribution in [0.3, 0.4) is 0 Å². The van der Waals surface area contributed by atoms with E-state index in [1.165, 1.54) is 0 Å². The zero-order chi connectivity index (χ0) is 9.68. The van der Waals surface area contributed by atoms with Crippen LogP contribution in [-0.2, 0) is 4.79 Å². The Morgan fingerprint density at radius 3 is 2.62 bits per heavy atom. The lowest BCUT2D eigenvalue weighted by molar-refractivity contribution is -0.109. The normalized spacial score (nSPS) is 11.1. The van der Waals surface area contributed by atoms with Gasteiger partial charge in [0.05, 0.1) is 5.71 Å². The largest absolute Gasteiger partial charge is 0.277 e. The molecule has 0 bridgehead atoms. The van der Waals surface area contributed by atoms with Crippen LogP contribution in [0.2, 0.25) is 5.02 Å². The van der Waals surface area contributed by atoms with E-state index in [0.29, 0.717) is 11.4 Å². The van der Waals surface area contributed by atoms with Crippen molar-refractivity contribution >= 4 is 23.7 Å². The van der Waals surface area contributed by atoms with Gasteiger partial charge in [-0.05, 0) is 24.6 Å². The van der Waals surface area contributed by atoms with Gasteiger partial charge in [-0.3, -0.25) is 4.79 Å². The number of benzene rings is 1. The second kappa shape index (κ2) is 4.62. The third kappa shape index (κ3) is 2.87. The number of nitrogens with zero attached hydrogens (tertiary/aromatic N) is 1. The third-order valence-corrected chi connectivity index (χ3v) is 1.80. The van der Waals surface area contributed by atoms with Crippen molar-refractivity contribution in [3.05, 3.63) is 34.9 Å². The summed E-state index contributed by atoms with van der Waals surface area (Å²) < 4.78 is 0. The van der Waals surface area contributed by atoms with Gasteiger partial charge in [0, 0.05) is 5.02 Å². The van der Waals surface area contributed by atoms with Gasteiger partial charge < -0.3 is 0 Å². The van der Waals surface area contributed by atoms with Crippen LogP contribution in [-0.4, -0.2) is 12.1 Å². The van der Waals surface area contributed by atoms with Crippen molar-refractivity contribution in [2.45, 2.75) is 6.92 Å². The Hall–Kier alpha value is -1.35. The van der Waals surface area contributed by atoms with E-state index in [4.69, 9.17) is 11.6 Å². The summed E-state index contributed by atoms with van der Waals surface area (Å²) in [4.78, 5) is 9.96. The van der Waals surface area contributed by atoms with Crippen LogP contribution in [0.25, 0.3) is 0 Å². The SMILES string of the molecule is C/C(=N/NC=O)c1ccc(Cl)cc1. The third-order valence-electron chi connectivity index (χ3n) is 1.55. The van der Waals surface area contributed by atoms with Gasteiger partial charge in [0.2, 0.25) is 6.41 Å². The highest BCUT2D eigenvalue weighted by atomic mass is 35.5. The van der Waals surface area contributed by atoms with Crippen molar-refractivity contribution in [2.24, 2.45) is 5.10 Å². The lowest BCUT2D eigenvalue weighted by Gasteiger charge is -1.99. The molecule has 3 nitrogen and oxygen atoms in total. The average Bonchev–Trinajstić information content (AvgIpc) is 2.15. The van der Waals surface area contributed by atoms with Crippen molar-refractivity contribution in [2.75, 3.05) is 0 Å². The maximum atomic E-state index is 9.96. The number of halogens is 1. The highest BCUT2D eigenvalue weighted by Gasteiger charge is 1.95. The first-order valence-corrected chi connectivity index (χ1v) is 4.11. The molecule has 0 spiro atoms. The van der Waals surface area contributed by atoms with Crippen molar-refractivity contribution < 1.29 is 4.79 Å². The van der Waals surface area contributed by atoms with E-state index in [1.807, 2.05) is 12.1 Å². The van der Waals surface area contributed by atoms with Crippen LogP contribution in [0, 0.1) is 0 Å². The summed E-state index contributed by atoms with van der Waals surface area (Å²) in [6.07, 6.45) is 0.527. The molecule has 0 fully saturated rings. The molecule has 0 aliphatic rings. The molecule has 1 aromatic carbocycles. The van der Waals surface area contributed by atoms with Crippen molar-refractivity contribution in [3.63, 3.8) is 0 Å². The number of carbonyl (C=O) groups excluding carboxylic acids is 1. The fourth-order valence-electron chi connectivity index (χ4n) is 0.879. The predicted molar refractivity (Wildman–Crippen MR) is 52.9 cm³/mol. The minimum atomic E-state index is 0.527. The standard InChI is InChI=1S/C9H9ClN2O/c1-7(12-11-6-13)8-2-4-9(10)5-3-8/h2-6H,1H3,(H,11,13)/b12-7-. The van der Waals surface area contributed by atoms with Crippen LogP contribution >= 0.6 is 11.6 Å². The number of amides is 1. The number of hydrazone groups is 1. The number of rotatable bonds is 3. The van der Waals surface area contributed by atoms with Crippen LogP contribution < -0.4 is 5.43 Å². The molecule has 4 heteroatoms. The topological polar surface area (TPSA) is 41.5 Å². The Bertz CT molecular complexity index is 319. The maximum absolute atomic E-state index is 9.96. The Balaban J connectivity index is 2.82. The summed E-state index contributed by atoms with van der Waals surface area (Å²) in [5.74, 6) is 0. The smallest absolute Gasteiger partial charge is 0.227 e. The monoisotopic (exact) mass is 196 g/mol. The summed E-state index contributed by atoms with van der Waals surface area (Å²) in [6, 6.07) is 7.23. The first-order chi connectivity index (χ1) is 6.24. The van der Waals surface area contributed by atoms with E-state index in [0.717, 1.165) is 11.3 Å². The molecule has 1 aromatic rings. The summed E-state index contributed by atoms with van der Waals surface area (Å²) >= 11 is 5.71.